The smallest absolute Gasteiger partial charge is 0.317 e. The summed E-state index contributed by atoms with van der Waals surface area (Å²) >= 11 is 0. The molecule has 3 amide bonds. The lowest BCUT2D eigenvalue weighted by atomic mass is 10.0. The quantitative estimate of drug-likeness (QED) is 0.854. The second-order valence-corrected chi connectivity index (χ2v) is 7.33. The number of aromatic nitrogens is 1. The number of fused-ring (bicyclic) bond motifs is 2. The maximum atomic E-state index is 12.5. The highest BCUT2D eigenvalue weighted by molar-refractivity contribution is 5.94. The van der Waals surface area contributed by atoms with Crippen molar-refractivity contribution in [3.8, 4) is 0 Å². The Morgan fingerprint density at radius 2 is 1.96 bits per heavy atom. The number of amides is 3. The Balaban J connectivity index is 1.24. The summed E-state index contributed by atoms with van der Waals surface area (Å²) in [6.45, 7) is 1.34. The third-order valence-corrected chi connectivity index (χ3v) is 5.58. The van der Waals surface area contributed by atoms with Crippen LogP contribution >= 0.6 is 0 Å². The average Bonchev–Trinajstić information content (AvgIpc) is 3.30. The lowest BCUT2D eigenvalue weighted by molar-refractivity contribution is 0.0913. The predicted molar refractivity (Wildman–Crippen MR) is 102 cm³/mol. The van der Waals surface area contributed by atoms with Crippen LogP contribution in [0.25, 0.3) is 0 Å². The van der Waals surface area contributed by atoms with E-state index < -0.39 is 0 Å². The van der Waals surface area contributed by atoms with Gasteiger partial charge >= 0.3 is 6.03 Å². The van der Waals surface area contributed by atoms with E-state index in [2.05, 4.69) is 27.8 Å². The van der Waals surface area contributed by atoms with Crippen LogP contribution in [0.15, 0.2) is 54.9 Å². The molecule has 2 aromatic rings. The number of likely N-dealkylation sites (tertiary alicyclic amines) is 1. The van der Waals surface area contributed by atoms with Gasteiger partial charge in [0.05, 0.1) is 5.56 Å². The van der Waals surface area contributed by atoms with Gasteiger partial charge in [-0.1, -0.05) is 30.3 Å². The van der Waals surface area contributed by atoms with Crippen LogP contribution in [-0.2, 0) is 6.42 Å². The van der Waals surface area contributed by atoms with E-state index in [1.54, 1.807) is 24.5 Å². The van der Waals surface area contributed by atoms with Crippen LogP contribution in [-0.4, -0.2) is 47.0 Å². The maximum Gasteiger partial charge on any atom is 0.317 e. The zero-order chi connectivity index (χ0) is 18.6. The highest BCUT2D eigenvalue weighted by Crippen LogP contribution is 2.37. The first kappa shape index (κ1) is 17.5. The molecule has 6 heteroatoms. The van der Waals surface area contributed by atoms with Gasteiger partial charge in [-0.2, -0.15) is 0 Å². The van der Waals surface area contributed by atoms with Crippen LogP contribution in [0, 0.1) is 5.92 Å². The first-order valence-electron chi connectivity index (χ1n) is 9.50. The Bertz CT molecular complexity index is 796. The molecule has 3 atom stereocenters. The molecular formula is C21H24N4O2. The summed E-state index contributed by atoms with van der Waals surface area (Å²) in [5.41, 5.74) is 1.80. The van der Waals surface area contributed by atoms with E-state index in [1.165, 1.54) is 5.56 Å². The van der Waals surface area contributed by atoms with Crippen LogP contribution in [0.5, 0.6) is 0 Å². The SMILES string of the molecule is O=C(N[C@H]1C[C@@H]2C[C@H]1CN2C(=O)NCCc1ccccc1)c1cccnc1. The van der Waals surface area contributed by atoms with Crippen LogP contribution in [0.3, 0.4) is 0 Å². The first-order chi connectivity index (χ1) is 13.2. The molecule has 1 saturated carbocycles. The van der Waals surface area contributed by atoms with Crippen molar-refractivity contribution in [2.75, 3.05) is 13.1 Å². The van der Waals surface area contributed by atoms with Crippen molar-refractivity contribution in [3.05, 3.63) is 66.0 Å². The largest absolute Gasteiger partial charge is 0.349 e. The number of carbonyl (C=O) groups is 2. The van der Waals surface area contributed by atoms with Gasteiger partial charge in [0.25, 0.3) is 5.91 Å². The van der Waals surface area contributed by atoms with Crippen LogP contribution < -0.4 is 10.6 Å². The molecule has 6 nitrogen and oxygen atoms in total. The number of piperidine rings is 1. The molecule has 0 spiro atoms. The zero-order valence-corrected chi connectivity index (χ0v) is 15.2. The molecule has 2 fully saturated rings. The molecule has 2 bridgehead atoms. The van der Waals surface area contributed by atoms with Crippen molar-refractivity contribution in [1.82, 2.24) is 20.5 Å². The summed E-state index contributed by atoms with van der Waals surface area (Å²) in [6, 6.07) is 14.0. The molecule has 0 radical (unpaired) electrons. The molecule has 4 rings (SSSR count). The van der Waals surface area contributed by atoms with Crippen LogP contribution in [0.1, 0.15) is 28.8 Å². The van der Waals surface area contributed by atoms with Crippen molar-refractivity contribution < 1.29 is 9.59 Å². The molecule has 2 heterocycles. The molecule has 140 valence electrons. The molecule has 1 aromatic heterocycles. The minimum Gasteiger partial charge on any atom is -0.349 e. The van der Waals surface area contributed by atoms with Crippen molar-refractivity contribution in [3.63, 3.8) is 0 Å². The number of carbonyl (C=O) groups excluding carboxylic acids is 2. The summed E-state index contributed by atoms with van der Waals surface area (Å²) in [6.07, 6.45) is 5.85. The van der Waals surface area contributed by atoms with Crippen LogP contribution in [0.4, 0.5) is 4.79 Å². The third kappa shape index (κ3) is 3.94. The molecule has 1 aliphatic carbocycles. The fourth-order valence-electron chi connectivity index (χ4n) is 4.19. The average molecular weight is 364 g/mol. The van der Waals surface area contributed by atoms with Gasteiger partial charge in [0.15, 0.2) is 0 Å². The van der Waals surface area contributed by atoms with E-state index >= 15 is 0 Å². The highest BCUT2D eigenvalue weighted by atomic mass is 16.2. The van der Waals surface area contributed by atoms with Crippen molar-refractivity contribution in [2.45, 2.75) is 31.3 Å². The monoisotopic (exact) mass is 364 g/mol. The molecule has 27 heavy (non-hydrogen) atoms. The molecular weight excluding hydrogens is 340 g/mol. The Morgan fingerprint density at radius 1 is 1.11 bits per heavy atom. The van der Waals surface area contributed by atoms with E-state index in [0.717, 1.165) is 19.3 Å². The standard InChI is InChI=1S/C21H24N4O2/c26-20(16-7-4-9-22-13-16)24-19-12-18-11-17(19)14-25(18)21(27)23-10-8-15-5-2-1-3-6-15/h1-7,9,13,17-19H,8,10-12,14H2,(H,23,27)(H,24,26)/t17-,18-,19-/m0/s1. The number of rotatable bonds is 5. The Labute approximate surface area is 159 Å². The van der Waals surface area contributed by atoms with Crippen molar-refractivity contribution >= 4 is 11.9 Å². The minimum absolute atomic E-state index is 0.00969. The number of urea groups is 1. The normalized spacial score (nSPS) is 23.3. The van der Waals surface area contributed by atoms with Crippen LogP contribution in [0.2, 0.25) is 0 Å². The lowest BCUT2D eigenvalue weighted by Gasteiger charge is -2.32. The second kappa shape index (κ2) is 7.78. The molecule has 2 aliphatic rings. The van der Waals surface area contributed by atoms with Gasteiger partial charge in [-0.15, -0.1) is 0 Å². The minimum atomic E-state index is -0.0838. The summed E-state index contributed by atoms with van der Waals surface area (Å²) in [4.78, 5) is 30.7. The molecule has 1 saturated heterocycles. The summed E-state index contributed by atoms with van der Waals surface area (Å²) in [5, 5.41) is 6.14. The Morgan fingerprint density at radius 3 is 2.67 bits per heavy atom. The van der Waals surface area contributed by atoms with E-state index in [9.17, 15) is 9.59 Å². The summed E-state index contributed by atoms with van der Waals surface area (Å²) in [5.74, 6) is 0.245. The summed E-state index contributed by atoms with van der Waals surface area (Å²) < 4.78 is 0. The molecule has 2 N–H and O–H groups in total. The number of nitrogens with zero attached hydrogens (tertiary/aromatic N) is 2. The van der Waals surface area contributed by atoms with Gasteiger partial charge in [0, 0.05) is 37.6 Å². The van der Waals surface area contributed by atoms with Gasteiger partial charge < -0.3 is 15.5 Å². The van der Waals surface area contributed by atoms with E-state index in [-0.39, 0.29) is 24.0 Å². The highest BCUT2D eigenvalue weighted by Gasteiger charge is 2.46. The first-order valence-corrected chi connectivity index (χ1v) is 9.50. The van der Waals surface area contributed by atoms with Crippen molar-refractivity contribution in [1.29, 1.82) is 0 Å². The number of hydrogen-bond acceptors (Lipinski definition) is 3. The predicted octanol–water partition coefficient (Wildman–Crippen LogP) is 2.23. The molecule has 0 unspecified atom stereocenters. The number of hydrogen-bond donors (Lipinski definition) is 2. The maximum absolute atomic E-state index is 12.5. The fourth-order valence-corrected chi connectivity index (χ4v) is 4.19. The summed E-state index contributed by atoms with van der Waals surface area (Å²) in [7, 11) is 0. The fraction of sp³-hybridized carbons (Fsp3) is 0.381. The van der Waals surface area contributed by atoms with Gasteiger partial charge in [-0.3, -0.25) is 9.78 Å². The van der Waals surface area contributed by atoms with Gasteiger partial charge in [-0.05, 0) is 42.9 Å². The van der Waals surface area contributed by atoms with E-state index in [0.29, 0.717) is 24.6 Å². The number of benzene rings is 1. The van der Waals surface area contributed by atoms with Crippen molar-refractivity contribution in [2.24, 2.45) is 5.92 Å². The zero-order valence-electron chi connectivity index (χ0n) is 15.2. The lowest BCUT2D eigenvalue weighted by Crippen LogP contribution is -2.50. The number of nitrogens with one attached hydrogen (secondary N) is 2. The molecule has 1 aromatic carbocycles. The van der Waals surface area contributed by atoms with Gasteiger partial charge in [0.2, 0.25) is 0 Å². The van der Waals surface area contributed by atoms with E-state index in [1.807, 2.05) is 23.1 Å². The third-order valence-electron chi connectivity index (χ3n) is 5.58. The van der Waals surface area contributed by atoms with E-state index in [4.69, 9.17) is 0 Å². The topological polar surface area (TPSA) is 74.3 Å². The Hall–Kier alpha value is -2.89. The van der Waals surface area contributed by atoms with Gasteiger partial charge in [-0.25, -0.2) is 4.79 Å². The second-order valence-electron chi connectivity index (χ2n) is 7.33. The Kier molecular flexibility index (Phi) is 5.05. The number of pyridine rings is 1. The molecule has 1 aliphatic heterocycles. The van der Waals surface area contributed by atoms with Gasteiger partial charge in [0.1, 0.15) is 0 Å².